The Morgan fingerprint density at radius 1 is 0.964 bits per heavy atom. The Balaban J connectivity index is 1.73. The fourth-order valence-corrected chi connectivity index (χ4v) is 3.73. The van der Waals surface area contributed by atoms with Gasteiger partial charge in [0.1, 0.15) is 5.75 Å². The van der Waals surface area contributed by atoms with Gasteiger partial charge in [0.05, 0.1) is 12.8 Å². The first kappa shape index (κ1) is 18.5. The first-order valence-corrected chi connectivity index (χ1v) is 9.99. The second-order valence-corrected chi connectivity index (χ2v) is 7.34. The molecular weight excluding hydrogens is 392 g/mol. The molecule has 2 heterocycles. The number of rotatable bonds is 6. The molecule has 2 aromatic carbocycles. The van der Waals surface area contributed by atoms with E-state index in [0.717, 1.165) is 33.7 Å². The molecule has 4 aromatic rings. The zero-order valence-electron chi connectivity index (χ0n) is 15.1. The van der Waals surface area contributed by atoms with E-state index in [9.17, 15) is 0 Å². The molecule has 0 aliphatic rings. The number of benzene rings is 2. The minimum Gasteiger partial charge on any atom is -0.497 e. The van der Waals surface area contributed by atoms with Crippen molar-refractivity contribution in [3.63, 3.8) is 0 Å². The van der Waals surface area contributed by atoms with Crippen molar-refractivity contribution >= 4 is 23.4 Å². The summed E-state index contributed by atoms with van der Waals surface area (Å²) in [7, 11) is 1.65. The number of hydrogen-bond donors (Lipinski definition) is 0. The average Bonchev–Trinajstić information content (AvgIpc) is 3.17. The Labute approximate surface area is 172 Å². The minimum absolute atomic E-state index is 0.686. The minimum atomic E-state index is 0.686. The molecule has 140 valence electrons. The normalized spacial score (nSPS) is 10.8. The van der Waals surface area contributed by atoms with Crippen LogP contribution in [0.15, 0.2) is 78.1 Å². The van der Waals surface area contributed by atoms with Gasteiger partial charge >= 0.3 is 0 Å². The molecule has 0 aliphatic carbocycles. The highest BCUT2D eigenvalue weighted by molar-refractivity contribution is 7.98. The van der Waals surface area contributed by atoms with Crippen molar-refractivity contribution in [2.45, 2.75) is 10.9 Å². The summed E-state index contributed by atoms with van der Waals surface area (Å²) in [5, 5.41) is 10.4. The molecule has 0 N–H and O–H groups in total. The van der Waals surface area contributed by atoms with Crippen LogP contribution >= 0.6 is 23.4 Å². The molecule has 0 radical (unpaired) electrons. The third kappa shape index (κ3) is 4.03. The van der Waals surface area contributed by atoms with Crippen molar-refractivity contribution in [2.75, 3.05) is 7.11 Å². The summed E-state index contributed by atoms with van der Waals surface area (Å²) in [6.45, 7) is 0. The van der Waals surface area contributed by atoms with Crippen LogP contribution in [0.4, 0.5) is 0 Å². The van der Waals surface area contributed by atoms with Crippen molar-refractivity contribution < 1.29 is 4.74 Å². The standard InChI is InChI=1S/C21H17ClN4OS/c1-27-19-11-5-15(6-12-19)20-24-25-21(28-14-17-4-2-3-13-23-17)26(20)18-9-7-16(22)8-10-18/h2-13H,14H2,1H3. The van der Waals surface area contributed by atoms with Crippen LogP contribution < -0.4 is 4.74 Å². The SMILES string of the molecule is COc1ccc(-c2nnc(SCc3ccccn3)n2-c2ccc(Cl)cc2)cc1. The molecule has 4 rings (SSSR count). The van der Waals surface area contributed by atoms with Gasteiger partial charge in [0, 0.05) is 28.2 Å². The van der Waals surface area contributed by atoms with Crippen molar-refractivity contribution in [3.8, 4) is 22.8 Å². The Morgan fingerprint density at radius 3 is 2.43 bits per heavy atom. The van der Waals surface area contributed by atoms with Crippen molar-refractivity contribution in [1.82, 2.24) is 19.7 Å². The highest BCUT2D eigenvalue weighted by Gasteiger charge is 2.16. The van der Waals surface area contributed by atoms with E-state index in [1.165, 1.54) is 0 Å². The van der Waals surface area contributed by atoms with Crippen LogP contribution in [0.25, 0.3) is 17.1 Å². The van der Waals surface area contributed by atoms with Crippen LogP contribution in [-0.2, 0) is 5.75 Å². The predicted molar refractivity (Wildman–Crippen MR) is 112 cm³/mol. The summed E-state index contributed by atoms with van der Waals surface area (Å²) in [5.41, 5.74) is 2.89. The van der Waals surface area contributed by atoms with E-state index in [0.29, 0.717) is 10.8 Å². The zero-order chi connectivity index (χ0) is 19.3. The maximum absolute atomic E-state index is 6.08. The molecule has 0 saturated carbocycles. The number of ether oxygens (including phenoxy) is 1. The Hall–Kier alpha value is -2.83. The largest absolute Gasteiger partial charge is 0.497 e. The Kier molecular flexibility index (Phi) is 5.60. The summed E-state index contributed by atoms with van der Waals surface area (Å²) < 4.78 is 7.29. The van der Waals surface area contributed by atoms with Gasteiger partial charge in [-0.2, -0.15) is 0 Å². The molecule has 28 heavy (non-hydrogen) atoms. The van der Waals surface area contributed by atoms with Crippen molar-refractivity contribution in [2.24, 2.45) is 0 Å². The molecule has 0 aliphatic heterocycles. The molecule has 0 amide bonds. The smallest absolute Gasteiger partial charge is 0.196 e. The lowest BCUT2D eigenvalue weighted by atomic mass is 10.2. The first-order chi connectivity index (χ1) is 13.7. The van der Waals surface area contributed by atoms with E-state index < -0.39 is 0 Å². The monoisotopic (exact) mass is 408 g/mol. The fraction of sp³-hybridized carbons (Fsp3) is 0.0952. The maximum Gasteiger partial charge on any atom is 0.196 e. The number of thioether (sulfide) groups is 1. The quantitative estimate of drug-likeness (QED) is 0.406. The molecule has 0 unspecified atom stereocenters. The van der Waals surface area contributed by atoms with Gasteiger partial charge in [-0.25, -0.2) is 0 Å². The van der Waals surface area contributed by atoms with Gasteiger partial charge in [-0.3, -0.25) is 9.55 Å². The van der Waals surface area contributed by atoms with E-state index in [-0.39, 0.29) is 0 Å². The van der Waals surface area contributed by atoms with Crippen LogP contribution in [0.3, 0.4) is 0 Å². The summed E-state index contributed by atoms with van der Waals surface area (Å²) in [6, 6.07) is 21.3. The molecule has 0 atom stereocenters. The molecule has 0 bridgehead atoms. The highest BCUT2D eigenvalue weighted by Crippen LogP contribution is 2.30. The van der Waals surface area contributed by atoms with Crippen LogP contribution in [0, 0.1) is 0 Å². The predicted octanol–water partition coefficient (Wildman–Crippen LogP) is 5.28. The fourth-order valence-electron chi connectivity index (χ4n) is 2.74. The van der Waals surface area contributed by atoms with Crippen molar-refractivity contribution in [3.05, 3.63) is 83.6 Å². The summed E-state index contributed by atoms with van der Waals surface area (Å²) >= 11 is 7.67. The second-order valence-electron chi connectivity index (χ2n) is 5.96. The Morgan fingerprint density at radius 2 is 1.75 bits per heavy atom. The van der Waals surface area contributed by atoms with E-state index in [4.69, 9.17) is 16.3 Å². The van der Waals surface area contributed by atoms with Crippen LogP contribution in [0.5, 0.6) is 5.75 Å². The molecule has 0 spiro atoms. The van der Waals surface area contributed by atoms with Gasteiger partial charge in [0.25, 0.3) is 0 Å². The summed E-state index contributed by atoms with van der Waals surface area (Å²) in [4.78, 5) is 4.38. The maximum atomic E-state index is 6.08. The van der Waals surface area contributed by atoms with Crippen molar-refractivity contribution in [1.29, 1.82) is 0 Å². The van der Waals surface area contributed by atoms with E-state index >= 15 is 0 Å². The topological polar surface area (TPSA) is 52.8 Å². The number of aromatic nitrogens is 4. The van der Waals surface area contributed by atoms with Crippen LogP contribution in [-0.4, -0.2) is 26.9 Å². The molecule has 5 nitrogen and oxygen atoms in total. The number of pyridine rings is 1. The second kappa shape index (κ2) is 8.46. The highest BCUT2D eigenvalue weighted by atomic mass is 35.5. The molecule has 7 heteroatoms. The number of halogens is 1. The van der Waals surface area contributed by atoms with E-state index in [1.54, 1.807) is 25.1 Å². The van der Waals surface area contributed by atoms with Crippen LogP contribution in [0.1, 0.15) is 5.69 Å². The lowest BCUT2D eigenvalue weighted by molar-refractivity contribution is 0.415. The van der Waals surface area contributed by atoms with Crippen LogP contribution in [0.2, 0.25) is 5.02 Å². The van der Waals surface area contributed by atoms with Gasteiger partial charge in [0.2, 0.25) is 0 Å². The number of nitrogens with zero attached hydrogens (tertiary/aromatic N) is 4. The van der Waals surface area contributed by atoms with E-state index in [2.05, 4.69) is 15.2 Å². The van der Waals surface area contributed by atoms with E-state index in [1.807, 2.05) is 71.3 Å². The third-order valence-electron chi connectivity index (χ3n) is 4.14. The van der Waals surface area contributed by atoms with Gasteiger partial charge in [0.15, 0.2) is 11.0 Å². The molecule has 0 saturated heterocycles. The molecule has 0 fully saturated rings. The van der Waals surface area contributed by atoms with Gasteiger partial charge < -0.3 is 4.74 Å². The third-order valence-corrected chi connectivity index (χ3v) is 5.36. The average molecular weight is 409 g/mol. The molecule has 2 aromatic heterocycles. The molecular formula is C21H17ClN4OS. The summed E-state index contributed by atoms with van der Waals surface area (Å²) in [6.07, 6.45) is 1.79. The Bertz CT molecular complexity index is 1050. The van der Waals surface area contributed by atoms with Gasteiger partial charge in [-0.15, -0.1) is 10.2 Å². The number of hydrogen-bond acceptors (Lipinski definition) is 5. The zero-order valence-corrected chi connectivity index (χ0v) is 16.7. The summed E-state index contributed by atoms with van der Waals surface area (Å²) in [5.74, 6) is 2.26. The van der Waals surface area contributed by atoms with Gasteiger partial charge in [-0.1, -0.05) is 29.4 Å². The van der Waals surface area contributed by atoms with Gasteiger partial charge in [-0.05, 0) is 60.7 Å². The lowest BCUT2D eigenvalue weighted by Crippen LogP contribution is -2.00. The lowest BCUT2D eigenvalue weighted by Gasteiger charge is -2.11. The first-order valence-electron chi connectivity index (χ1n) is 8.63. The number of methoxy groups -OCH3 is 1.